The molecule has 14 aromatic carbocycles. The quantitative estimate of drug-likeness (QED) is 0.115. The van der Waals surface area contributed by atoms with Gasteiger partial charge in [0, 0.05) is 22.5 Å². The highest BCUT2D eigenvalue weighted by atomic mass is 19.1. The van der Waals surface area contributed by atoms with Crippen molar-refractivity contribution >= 4 is 29.2 Å². The predicted molar refractivity (Wildman–Crippen MR) is 386 cm³/mol. The smallest absolute Gasteiger partial charge is 0.156 e. The molecule has 0 radical (unpaired) electrons. The van der Waals surface area contributed by atoms with Crippen LogP contribution in [0.2, 0.25) is 0 Å². The number of anilines is 3. The zero-order valence-electron chi connectivity index (χ0n) is 52.6. The van der Waals surface area contributed by atoms with Crippen molar-refractivity contribution in [2.24, 2.45) is 0 Å². The van der Waals surface area contributed by atoms with E-state index in [4.69, 9.17) is 14.2 Å². The minimum atomic E-state index is -0.972. The van der Waals surface area contributed by atoms with Gasteiger partial charge in [0.05, 0.1) is 21.9 Å². The topological polar surface area (TPSA) is 30.9 Å². The lowest BCUT2D eigenvalue weighted by atomic mass is 9.66. The van der Waals surface area contributed by atoms with E-state index in [1.165, 1.54) is 22.3 Å². The second kappa shape index (κ2) is 22.4. The van der Waals surface area contributed by atoms with Gasteiger partial charge in [-0.15, -0.1) is 0 Å². The number of hydrogen-bond donors (Lipinski definition) is 0. The van der Waals surface area contributed by atoms with Crippen molar-refractivity contribution in [3.63, 3.8) is 0 Å². The second-order valence-electron chi connectivity index (χ2n) is 25.3. The molecule has 1 spiro atoms. The van der Waals surface area contributed by atoms with Crippen LogP contribution in [0.5, 0.6) is 34.5 Å². The maximum absolute atomic E-state index is 15.6. The van der Waals surface area contributed by atoms with E-state index in [-0.39, 0.29) is 11.6 Å². The molecule has 1 aliphatic heterocycles. The Hall–Kier alpha value is -12.4. The Morgan fingerprint density at radius 3 is 1.03 bits per heavy atom. The molecular weight excluding hydrogens is 1190 g/mol. The van der Waals surface area contributed by atoms with Gasteiger partial charge in [0.2, 0.25) is 0 Å². The third-order valence-corrected chi connectivity index (χ3v) is 20.5. The summed E-state index contributed by atoms with van der Waals surface area (Å²) in [5, 5.41) is 0. The van der Waals surface area contributed by atoms with Gasteiger partial charge in [-0.25, -0.2) is 8.78 Å². The SMILES string of the molecule is C=Cc1ccc(Oc2ccc(C3(c4ccc(F)cc4)c4ccccc4-c4ccc(N(c5ccc6c(c5)C(c5ccc(F)cc5)(c5ccc(Oc7ccc(C=C)cc7)cc5)c5ccccc5-6)c5cccc6c5Oc5ccccc5C65c6ccccc6-c6ccccc65)cc43)cc2)cc1. The number of benzene rings is 14. The molecule has 4 nitrogen and oxygen atoms in total. The lowest BCUT2D eigenvalue weighted by Gasteiger charge is -2.41. The number of fused-ring (bicyclic) bond motifs is 15. The molecule has 460 valence electrons. The summed E-state index contributed by atoms with van der Waals surface area (Å²) >= 11 is 0. The average Bonchev–Trinajstić information content (AvgIpc) is 1.60. The minimum Gasteiger partial charge on any atom is -0.457 e. The van der Waals surface area contributed by atoms with Crippen LogP contribution >= 0.6 is 0 Å². The fraction of sp³-hybridized carbons (Fsp3) is 0.0330. The Morgan fingerprint density at radius 2 is 0.629 bits per heavy atom. The van der Waals surface area contributed by atoms with E-state index in [1.54, 1.807) is 24.3 Å². The van der Waals surface area contributed by atoms with E-state index in [0.29, 0.717) is 28.7 Å². The number of nitrogens with zero attached hydrogens (tertiary/aromatic N) is 1. The van der Waals surface area contributed by atoms with Crippen molar-refractivity contribution in [1.29, 1.82) is 0 Å². The largest absolute Gasteiger partial charge is 0.457 e. The Bertz CT molecular complexity index is 5200. The van der Waals surface area contributed by atoms with E-state index in [1.807, 2.05) is 109 Å². The molecule has 14 aromatic rings. The summed E-state index contributed by atoms with van der Waals surface area (Å²) < 4.78 is 51.8. The second-order valence-corrected chi connectivity index (χ2v) is 25.3. The predicted octanol–water partition coefficient (Wildman–Crippen LogP) is 23.5. The molecule has 4 aliphatic rings. The van der Waals surface area contributed by atoms with Crippen molar-refractivity contribution in [3.8, 4) is 67.9 Å². The molecule has 6 heteroatoms. The van der Waals surface area contributed by atoms with Crippen molar-refractivity contribution in [2.75, 3.05) is 4.90 Å². The molecule has 2 unspecified atom stereocenters. The van der Waals surface area contributed by atoms with Crippen LogP contribution in [0.15, 0.2) is 335 Å². The maximum atomic E-state index is 15.6. The van der Waals surface area contributed by atoms with E-state index < -0.39 is 16.2 Å². The van der Waals surface area contributed by atoms with Gasteiger partial charge >= 0.3 is 0 Å². The molecule has 0 saturated heterocycles. The molecule has 0 N–H and O–H groups in total. The van der Waals surface area contributed by atoms with Crippen molar-refractivity contribution in [3.05, 3.63) is 424 Å². The van der Waals surface area contributed by atoms with E-state index >= 15 is 8.78 Å². The number of ether oxygens (including phenoxy) is 3. The lowest BCUT2D eigenvalue weighted by molar-refractivity contribution is 0.437. The summed E-state index contributed by atoms with van der Waals surface area (Å²) in [5.74, 6) is 3.57. The van der Waals surface area contributed by atoms with Gasteiger partial charge in [-0.1, -0.05) is 238 Å². The number of halogens is 2. The molecule has 1 heterocycles. The molecular formula is C91H59F2NO3. The van der Waals surface area contributed by atoms with Crippen molar-refractivity contribution in [2.45, 2.75) is 16.2 Å². The number of para-hydroxylation sites is 2. The first kappa shape index (κ1) is 57.3. The number of rotatable bonds is 13. The minimum absolute atomic E-state index is 0.327. The summed E-state index contributed by atoms with van der Waals surface area (Å²) in [4.78, 5) is 2.37. The highest BCUT2D eigenvalue weighted by Gasteiger charge is 2.53. The summed E-state index contributed by atoms with van der Waals surface area (Å²) in [6.45, 7) is 7.87. The van der Waals surface area contributed by atoms with E-state index in [2.05, 4.69) is 218 Å². The first-order valence-corrected chi connectivity index (χ1v) is 32.7. The Labute approximate surface area is 562 Å². The summed E-state index contributed by atoms with van der Waals surface area (Å²) in [5.41, 5.74) is 20.7. The molecule has 0 bridgehead atoms. The Balaban J connectivity index is 0.896. The van der Waals surface area contributed by atoms with Crippen LogP contribution in [0.3, 0.4) is 0 Å². The molecule has 0 fully saturated rings. The first-order chi connectivity index (χ1) is 47.8. The van der Waals surface area contributed by atoms with Gasteiger partial charge in [0.1, 0.15) is 40.4 Å². The van der Waals surface area contributed by atoms with Crippen LogP contribution < -0.4 is 19.1 Å². The van der Waals surface area contributed by atoms with E-state index in [9.17, 15) is 0 Å². The normalized spacial score (nSPS) is 15.9. The summed E-state index contributed by atoms with van der Waals surface area (Å²) in [6.07, 6.45) is 3.63. The van der Waals surface area contributed by atoms with Gasteiger partial charge in [-0.05, 0) is 209 Å². The fourth-order valence-electron chi connectivity index (χ4n) is 16.4. The average molecular weight is 1250 g/mol. The summed E-state index contributed by atoms with van der Waals surface area (Å²) in [7, 11) is 0. The van der Waals surface area contributed by atoms with Crippen molar-refractivity contribution in [1.82, 2.24) is 0 Å². The molecule has 0 aromatic heterocycles. The Morgan fingerprint density at radius 1 is 0.299 bits per heavy atom. The standard InChI is InChI=1S/C91H59F2NO3/c1-3-58-28-46-68(47-29-58)95-70-50-36-62(37-51-70)89(60-32-40-64(92)41-33-60)78-20-9-5-18-74(78)76-54-44-66(56-84(76)89)94(86-26-15-25-83-88(86)97-87-27-14-13-24-82(87)91(83)80-22-11-7-16-72(80)73-17-8-12-23-81(73)91)67-45-55-77-75-19-6-10-21-79(75)90(85(77)57-67,61-34-42-65(93)43-35-61)63-38-52-71(53-39-63)96-69-48-30-59(4-2)31-49-69/h3-57H,1-2H2. The highest BCUT2D eigenvalue weighted by Crippen LogP contribution is 2.66. The molecule has 0 saturated carbocycles. The zero-order chi connectivity index (χ0) is 65.0. The Kier molecular flexibility index (Phi) is 13.2. The van der Waals surface area contributed by atoms with Gasteiger partial charge in [0.15, 0.2) is 5.75 Å². The monoisotopic (exact) mass is 1250 g/mol. The zero-order valence-corrected chi connectivity index (χ0v) is 52.6. The highest BCUT2D eigenvalue weighted by molar-refractivity contribution is 5.96. The van der Waals surface area contributed by atoms with Gasteiger partial charge in [-0.2, -0.15) is 0 Å². The van der Waals surface area contributed by atoms with Crippen LogP contribution in [-0.4, -0.2) is 0 Å². The first-order valence-electron chi connectivity index (χ1n) is 32.7. The maximum Gasteiger partial charge on any atom is 0.156 e. The molecule has 18 rings (SSSR count). The lowest BCUT2D eigenvalue weighted by Crippen LogP contribution is -2.32. The van der Waals surface area contributed by atoms with E-state index in [0.717, 1.165) is 112 Å². The molecule has 0 amide bonds. The van der Waals surface area contributed by atoms with Crippen LogP contribution in [0.25, 0.3) is 45.5 Å². The molecule has 2 atom stereocenters. The van der Waals surface area contributed by atoms with Crippen LogP contribution in [0, 0.1) is 11.6 Å². The van der Waals surface area contributed by atoms with Gasteiger partial charge < -0.3 is 19.1 Å². The third-order valence-electron chi connectivity index (χ3n) is 20.5. The molecule has 3 aliphatic carbocycles. The summed E-state index contributed by atoms with van der Waals surface area (Å²) in [6, 6.07) is 110. The van der Waals surface area contributed by atoms with Gasteiger partial charge in [0.25, 0.3) is 0 Å². The third kappa shape index (κ3) is 8.59. The number of hydrogen-bond acceptors (Lipinski definition) is 4. The van der Waals surface area contributed by atoms with Crippen molar-refractivity contribution < 1.29 is 23.0 Å². The molecule has 97 heavy (non-hydrogen) atoms. The van der Waals surface area contributed by atoms with Crippen LogP contribution in [0.1, 0.15) is 77.9 Å². The van der Waals surface area contributed by atoms with Crippen LogP contribution in [-0.2, 0) is 16.2 Å². The fourth-order valence-corrected chi connectivity index (χ4v) is 16.4. The van der Waals surface area contributed by atoms with Crippen LogP contribution in [0.4, 0.5) is 25.8 Å². The van der Waals surface area contributed by atoms with Gasteiger partial charge in [-0.3, -0.25) is 0 Å².